The van der Waals surface area contributed by atoms with E-state index in [-0.39, 0.29) is 5.41 Å². The van der Waals surface area contributed by atoms with Gasteiger partial charge in [0.25, 0.3) is 0 Å². The molecule has 0 radical (unpaired) electrons. The van der Waals surface area contributed by atoms with Crippen molar-refractivity contribution in [3.8, 4) is 27.9 Å². The Bertz CT molecular complexity index is 2080. The highest BCUT2D eigenvalue weighted by molar-refractivity contribution is 6.15. The summed E-state index contributed by atoms with van der Waals surface area (Å²) < 4.78 is 2.37. The molecular formula is C41H36N2. The summed E-state index contributed by atoms with van der Waals surface area (Å²) >= 11 is 0. The lowest BCUT2D eigenvalue weighted by Crippen LogP contribution is -2.15. The molecular weight excluding hydrogens is 520 g/mol. The van der Waals surface area contributed by atoms with E-state index in [9.17, 15) is 0 Å². The maximum Gasteiger partial charge on any atom is 0.0547 e. The van der Waals surface area contributed by atoms with E-state index in [1.54, 1.807) is 0 Å². The van der Waals surface area contributed by atoms with Crippen molar-refractivity contribution in [2.24, 2.45) is 0 Å². The molecule has 0 unspecified atom stereocenters. The van der Waals surface area contributed by atoms with Crippen molar-refractivity contribution in [1.82, 2.24) is 4.57 Å². The van der Waals surface area contributed by atoms with E-state index in [0.29, 0.717) is 0 Å². The number of anilines is 2. The van der Waals surface area contributed by atoms with Crippen molar-refractivity contribution in [2.45, 2.75) is 33.1 Å². The Morgan fingerprint density at radius 2 is 1.14 bits per heavy atom. The predicted octanol–water partition coefficient (Wildman–Crippen LogP) is 11.5. The van der Waals surface area contributed by atoms with Crippen LogP contribution in [-0.2, 0) is 5.41 Å². The summed E-state index contributed by atoms with van der Waals surface area (Å²) in [6, 6.07) is 50.4. The highest BCUT2D eigenvalue weighted by Crippen LogP contribution is 2.49. The Morgan fingerprint density at radius 3 is 1.95 bits per heavy atom. The fraction of sp³-hybridized carbons (Fsp3) is 0.122. The Balaban J connectivity index is 0.00000147. The monoisotopic (exact) mass is 556 g/mol. The summed E-state index contributed by atoms with van der Waals surface area (Å²) in [7, 11) is 0. The second kappa shape index (κ2) is 10.6. The van der Waals surface area contributed by atoms with Gasteiger partial charge in [-0.05, 0) is 81.9 Å². The van der Waals surface area contributed by atoms with Gasteiger partial charge in [0.15, 0.2) is 0 Å². The van der Waals surface area contributed by atoms with Gasteiger partial charge in [-0.3, -0.25) is 0 Å². The van der Waals surface area contributed by atoms with Gasteiger partial charge in [0.05, 0.1) is 11.0 Å². The topological polar surface area (TPSA) is 17.0 Å². The first kappa shape index (κ1) is 26.8. The molecule has 1 aromatic heterocycles. The number of fused-ring (bicyclic) bond motifs is 6. The number of benzene rings is 6. The number of para-hydroxylation sites is 2. The van der Waals surface area contributed by atoms with E-state index < -0.39 is 0 Å². The number of nitrogens with one attached hydrogen (secondary N) is 1. The molecule has 1 heterocycles. The molecule has 2 nitrogen and oxygen atoms in total. The molecule has 43 heavy (non-hydrogen) atoms. The minimum atomic E-state index is -0.00884. The van der Waals surface area contributed by atoms with E-state index in [4.69, 9.17) is 0 Å². The zero-order chi connectivity index (χ0) is 29.6. The fourth-order valence-corrected chi connectivity index (χ4v) is 6.80. The first-order valence-corrected chi connectivity index (χ1v) is 15.3. The highest BCUT2D eigenvalue weighted by atomic mass is 15.0. The van der Waals surface area contributed by atoms with E-state index in [1.807, 2.05) is 13.8 Å². The third-order valence-electron chi connectivity index (χ3n) is 8.78. The van der Waals surface area contributed by atoms with E-state index in [1.165, 1.54) is 60.9 Å². The fourth-order valence-electron chi connectivity index (χ4n) is 6.80. The van der Waals surface area contributed by atoms with Gasteiger partial charge in [0.2, 0.25) is 0 Å². The average Bonchev–Trinajstić information content (AvgIpc) is 3.52. The van der Waals surface area contributed by atoms with Gasteiger partial charge in [0.1, 0.15) is 0 Å². The van der Waals surface area contributed by atoms with Crippen LogP contribution in [0, 0.1) is 0 Å². The van der Waals surface area contributed by atoms with Gasteiger partial charge < -0.3 is 9.88 Å². The third kappa shape index (κ3) is 4.33. The quantitative estimate of drug-likeness (QED) is 0.228. The van der Waals surface area contributed by atoms with E-state index in [2.05, 4.69) is 163 Å². The molecule has 7 aromatic rings. The smallest absolute Gasteiger partial charge is 0.0547 e. The third-order valence-corrected chi connectivity index (χ3v) is 8.78. The molecule has 0 saturated carbocycles. The minimum absolute atomic E-state index is 0.00884. The lowest BCUT2D eigenvalue weighted by molar-refractivity contribution is 0.660. The first-order chi connectivity index (χ1) is 21.1. The molecule has 0 spiro atoms. The second-order valence-corrected chi connectivity index (χ2v) is 11.5. The molecule has 0 fully saturated rings. The molecule has 210 valence electrons. The van der Waals surface area contributed by atoms with Crippen LogP contribution in [0.3, 0.4) is 0 Å². The maximum absolute atomic E-state index is 3.67. The van der Waals surface area contributed by atoms with E-state index in [0.717, 1.165) is 11.4 Å². The molecule has 8 rings (SSSR count). The molecule has 1 aliphatic carbocycles. The molecule has 1 aliphatic rings. The molecule has 0 aliphatic heterocycles. The van der Waals surface area contributed by atoms with Crippen molar-refractivity contribution < 1.29 is 0 Å². The van der Waals surface area contributed by atoms with Gasteiger partial charge in [-0.25, -0.2) is 0 Å². The maximum atomic E-state index is 3.67. The zero-order valence-corrected chi connectivity index (χ0v) is 25.2. The standard InChI is InChI=1S/C39H30N2.C2H6/c1-39(2)34-16-8-6-13-31(34)32-24-23-28(25-35(32)39)40-27-21-19-26(20-22-27)30-15-10-18-37-38(30)33-14-7-9-17-36(33)41(37)29-11-4-3-5-12-29;1-2/h3-25,40H,1-2H3;1-2H3. The summed E-state index contributed by atoms with van der Waals surface area (Å²) in [5, 5.41) is 6.22. The number of aromatic nitrogens is 1. The highest BCUT2D eigenvalue weighted by Gasteiger charge is 2.35. The van der Waals surface area contributed by atoms with Gasteiger partial charge in [0, 0.05) is 33.2 Å². The second-order valence-electron chi connectivity index (χ2n) is 11.5. The molecule has 6 aromatic carbocycles. The van der Waals surface area contributed by atoms with Crippen molar-refractivity contribution in [1.29, 1.82) is 0 Å². The summed E-state index contributed by atoms with van der Waals surface area (Å²) in [5.41, 5.74) is 13.7. The molecule has 1 N–H and O–H groups in total. The van der Waals surface area contributed by atoms with Crippen LogP contribution in [0.1, 0.15) is 38.8 Å². The van der Waals surface area contributed by atoms with Crippen molar-refractivity contribution in [2.75, 3.05) is 5.32 Å². The number of rotatable bonds is 4. The Hall–Kier alpha value is -5.08. The summed E-state index contributed by atoms with van der Waals surface area (Å²) in [6.45, 7) is 8.65. The zero-order valence-electron chi connectivity index (χ0n) is 25.2. The largest absolute Gasteiger partial charge is 0.356 e. The van der Waals surface area contributed by atoms with Gasteiger partial charge >= 0.3 is 0 Å². The lowest BCUT2D eigenvalue weighted by atomic mass is 9.82. The van der Waals surface area contributed by atoms with Crippen molar-refractivity contribution >= 4 is 33.2 Å². The minimum Gasteiger partial charge on any atom is -0.356 e. The number of hydrogen-bond acceptors (Lipinski definition) is 1. The van der Waals surface area contributed by atoms with Crippen LogP contribution in [0.4, 0.5) is 11.4 Å². The van der Waals surface area contributed by atoms with Crippen LogP contribution in [0.25, 0.3) is 49.7 Å². The summed E-state index contributed by atoms with van der Waals surface area (Å²) in [5.74, 6) is 0. The Labute approximate surface area is 254 Å². The molecule has 0 amide bonds. The van der Waals surface area contributed by atoms with Crippen molar-refractivity contribution in [3.63, 3.8) is 0 Å². The Morgan fingerprint density at radius 1 is 0.512 bits per heavy atom. The molecule has 2 heteroatoms. The first-order valence-electron chi connectivity index (χ1n) is 15.3. The van der Waals surface area contributed by atoms with Gasteiger partial charge in [-0.15, -0.1) is 0 Å². The lowest BCUT2D eigenvalue weighted by Gasteiger charge is -2.22. The molecule has 0 atom stereocenters. The van der Waals surface area contributed by atoms with Gasteiger partial charge in [-0.1, -0.05) is 119 Å². The van der Waals surface area contributed by atoms with Gasteiger partial charge in [-0.2, -0.15) is 0 Å². The van der Waals surface area contributed by atoms with Crippen LogP contribution < -0.4 is 5.32 Å². The molecule has 0 saturated heterocycles. The average molecular weight is 557 g/mol. The number of hydrogen-bond donors (Lipinski definition) is 1. The summed E-state index contributed by atoms with van der Waals surface area (Å²) in [6.07, 6.45) is 0. The van der Waals surface area contributed by atoms with Crippen LogP contribution >= 0.6 is 0 Å². The van der Waals surface area contributed by atoms with Crippen LogP contribution in [0.15, 0.2) is 140 Å². The van der Waals surface area contributed by atoms with Crippen molar-refractivity contribution in [3.05, 3.63) is 151 Å². The number of nitrogens with zero attached hydrogens (tertiary/aromatic N) is 1. The molecule has 0 bridgehead atoms. The normalized spacial score (nSPS) is 12.8. The predicted molar refractivity (Wildman–Crippen MR) is 185 cm³/mol. The summed E-state index contributed by atoms with van der Waals surface area (Å²) in [4.78, 5) is 0. The van der Waals surface area contributed by atoms with E-state index >= 15 is 0 Å². The SMILES string of the molecule is CC.CC1(C)c2ccccc2-c2ccc(Nc3ccc(-c4cccc5c4c4ccccc4n5-c4ccccc4)cc3)cc21. The van der Waals surface area contributed by atoms with Crippen LogP contribution in [0.2, 0.25) is 0 Å². The van der Waals surface area contributed by atoms with Crippen LogP contribution in [-0.4, -0.2) is 4.57 Å². The Kier molecular flexibility index (Phi) is 6.63. The van der Waals surface area contributed by atoms with Crippen LogP contribution in [0.5, 0.6) is 0 Å².